The van der Waals surface area contributed by atoms with Gasteiger partial charge < -0.3 is 9.80 Å². The number of halogens is 1. The molecule has 1 aliphatic heterocycles. The highest BCUT2D eigenvalue weighted by Gasteiger charge is 2.33. The molecule has 0 N–H and O–H groups in total. The van der Waals surface area contributed by atoms with Crippen LogP contribution in [-0.4, -0.2) is 67.8 Å². The number of amides is 1. The molecule has 9 heteroatoms. The lowest BCUT2D eigenvalue weighted by Crippen LogP contribution is -2.52. The smallest absolute Gasteiger partial charge is 0.229 e. The Morgan fingerprint density at radius 1 is 1.10 bits per heavy atom. The summed E-state index contributed by atoms with van der Waals surface area (Å²) < 4.78 is 1.72. The van der Waals surface area contributed by atoms with Crippen LogP contribution in [0.3, 0.4) is 0 Å². The van der Waals surface area contributed by atoms with Gasteiger partial charge in [0.1, 0.15) is 6.33 Å². The molecule has 4 rings (SSSR count). The zero-order valence-corrected chi connectivity index (χ0v) is 17.6. The molecule has 1 amide bonds. The Bertz CT molecular complexity index is 1020. The number of carbonyl (C=O) groups is 1. The van der Waals surface area contributed by atoms with E-state index in [1.807, 2.05) is 49.9 Å². The van der Waals surface area contributed by atoms with E-state index < -0.39 is 5.41 Å². The number of aryl methyl sites for hydroxylation is 1. The van der Waals surface area contributed by atoms with Gasteiger partial charge in [-0.2, -0.15) is 4.68 Å². The molecular formula is C20H24ClN7O. The van der Waals surface area contributed by atoms with Gasteiger partial charge in [-0.15, -0.1) is 16.7 Å². The van der Waals surface area contributed by atoms with Crippen molar-refractivity contribution >= 4 is 34.5 Å². The van der Waals surface area contributed by atoms with Gasteiger partial charge in [0.05, 0.1) is 11.1 Å². The number of anilines is 1. The first kappa shape index (κ1) is 19.6. The lowest BCUT2D eigenvalue weighted by atomic mass is 9.94. The van der Waals surface area contributed by atoms with Crippen LogP contribution in [0.15, 0.2) is 30.6 Å². The standard InChI is InChI=1S/C20H24ClN7O/c1-14-4-6-15(7-5-14)28-18-16(24-25-28)17(22-13-23-18)26-8-10-27(11-9-26)19(29)20(2,3)12-21/h4-7,13H,8-12H2,1-3H3. The van der Waals surface area contributed by atoms with Crippen LogP contribution in [-0.2, 0) is 4.79 Å². The van der Waals surface area contributed by atoms with Crippen molar-refractivity contribution in [2.75, 3.05) is 37.0 Å². The molecule has 152 valence electrons. The summed E-state index contributed by atoms with van der Waals surface area (Å²) in [5, 5.41) is 8.64. The summed E-state index contributed by atoms with van der Waals surface area (Å²) in [5.74, 6) is 1.14. The fourth-order valence-electron chi connectivity index (χ4n) is 3.43. The van der Waals surface area contributed by atoms with E-state index >= 15 is 0 Å². The maximum absolute atomic E-state index is 12.7. The number of fused-ring (bicyclic) bond motifs is 1. The molecule has 1 aliphatic rings. The maximum atomic E-state index is 12.7. The Hall–Kier alpha value is -2.74. The van der Waals surface area contributed by atoms with Crippen molar-refractivity contribution in [2.45, 2.75) is 20.8 Å². The van der Waals surface area contributed by atoms with Gasteiger partial charge in [0.2, 0.25) is 5.91 Å². The van der Waals surface area contributed by atoms with Crippen molar-refractivity contribution in [1.29, 1.82) is 0 Å². The van der Waals surface area contributed by atoms with Gasteiger partial charge in [-0.25, -0.2) is 9.97 Å². The Morgan fingerprint density at radius 3 is 2.45 bits per heavy atom. The van der Waals surface area contributed by atoms with Gasteiger partial charge in [-0.3, -0.25) is 4.79 Å². The second-order valence-corrected chi connectivity index (χ2v) is 8.27. The third-order valence-corrected chi connectivity index (χ3v) is 5.94. The topological polar surface area (TPSA) is 80.0 Å². The van der Waals surface area contributed by atoms with Crippen molar-refractivity contribution in [3.8, 4) is 5.69 Å². The van der Waals surface area contributed by atoms with E-state index in [9.17, 15) is 4.79 Å². The number of benzene rings is 1. The zero-order chi connectivity index (χ0) is 20.6. The van der Waals surface area contributed by atoms with Gasteiger partial charge in [-0.1, -0.05) is 22.9 Å². The number of nitrogens with zero attached hydrogens (tertiary/aromatic N) is 7. The maximum Gasteiger partial charge on any atom is 0.229 e. The van der Waals surface area contributed by atoms with E-state index in [1.54, 1.807) is 11.0 Å². The fourth-order valence-corrected chi connectivity index (χ4v) is 3.55. The average molecular weight is 414 g/mol. The van der Waals surface area contributed by atoms with Crippen LogP contribution in [0, 0.1) is 12.3 Å². The molecule has 0 spiro atoms. The third kappa shape index (κ3) is 3.64. The van der Waals surface area contributed by atoms with Crippen molar-refractivity contribution in [3.05, 3.63) is 36.2 Å². The number of carbonyl (C=O) groups excluding carboxylic acids is 1. The fraction of sp³-hybridized carbons (Fsp3) is 0.450. The van der Waals surface area contributed by atoms with E-state index in [0.717, 1.165) is 11.5 Å². The summed E-state index contributed by atoms with van der Waals surface area (Å²) in [6, 6.07) is 8.05. The highest BCUT2D eigenvalue weighted by atomic mass is 35.5. The summed E-state index contributed by atoms with van der Waals surface area (Å²) in [6.07, 6.45) is 1.54. The van der Waals surface area contributed by atoms with Gasteiger partial charge in [-0.05, 0) is 32.9 Å². The van der Waals surface area contributed by atoms with Gasteiger partial charge in [0.25, 0.3) is 0 Å². The minimum absolute atomic E-state index is 0.0882. The van der Waals surface area contributed by atoms with Crippen LogP contribution in [0.4, 0.5) is 5.82 Å². The highest BCUT2D eigenvalue weighted by Crippen LogP contribution is 2.26. The van der Waals surface area contributed by atoms with Crippen LogP contribution in [0.25, 0.3) is 16.9 Å². The van der Waals surface area contributed by atoms with E-state index in [-0.39, 0.29) is 5.91 Å². The Balaban J connectivity index is 1.57. The lowest BCUT2D eigenvalue weighted by Gasteiger charge is -2.38. The number of piperazine rings is 1. The molecule has 2 aromatic heterocycles. The first-order chi connectivity index (χ1) is 13.9. The van der Waals surface area contributed by atoms with E-state index in [1.165, 1.54) is 5.56 Å². The van der Waals surface area contributed by atoms with E-state index in [2.05, 4.69) is 25.2 Å². The predicted octanol–water partition coefficient (Wildman–Crippen LogP) is 2.43. The van der Waals surface area contributed by atoms with Crippen LogP contribution in [0.2, 0.25) is 0 Å². The molecular weight excluding hydrogens is 390 g/mol. The van der Waals surface area contributed by atoms with Crippen LogP contribution in [0.1, 0.15) is 19.4 Å². The first-order valence-electron chi connectivity index (χ1n) is 9.64. The summed E-state index contributed by atoms with van der Waals surface area (Å²) in [6.45, 7) is 8.40. The predicted molar refractivity (Wildman–Crippen MR) is 112 cm³/mol. The summed E-state index contributed by atoms with van der Waals surface area (Å²) >= 11 is 5.97. The molecule has 1 saturated heterocycles. The van der Waals surface area contributed by atoms with Gasteiger partial charge in [0.15, 0.2) is 17.0 Å². The average Bonchev–Trinajstić information content (AvgIpc) is 3.18. The molecule has 0 bridgehead atoms. The molecule has 0 saturated carbocycles. The highest BCUT2D eigenvalue weighted by molar-refractivity contribution is 6.19. The molecule has 0 unspecified atom stereocenters. The largest absolute Gasteiger partial charge is 0.351 e. The quantitative estimate of drug-likeness (QED) is 0.611. The molecule has 29 heavy (non-hydrogen) atoms. The first-order valence-corrected chi connectivity index (χ1v) is 10.2. The molecule has 1 fully saturated rings. The number of rotatable bonds is 4. The molecule has 0 aliphatic carbocycles. The molecule has 3 aromatic rings. The second kappa shape index (κ2) is 7.59. The summed E-state index contributed by atoms with van der Waals surface area (Å²) in [5.41, 5.74) is 2.86. The van der Waals surface area contributed by atoms with Crippen molar-refractivity contribution in [1.82, 2.24) is 29.9 Å². The molecule has 8 nitrogen and oxygen atoms in total. The Labute approximate surface area is 174 Å². The normalized spacial score (nSPS) is 15.2. The minimum atomic E-state index is -0.553. The molecule has 0 radical (unpaired) electrons. The number of hydrogen-bond donors (Lipinski definition) is 0. The summed E-state index contributed by atoms with van der Waals surface area (Å²) in [4.78, 5) is 25.5. The molecule has 1 aromatic carbocycles. The van der Waals surface area contributed by atoms with Crippen LogP contribution < -0.4 is 4.90 Å². The third-order valence-electron chi connectivity index (χ3n) is 5.28. The Kier molecular flexibility index (Phi) is 5.12. The van der Waals surface area contributed by atoms with E-state index in [4.69, 9.17) is 11.6 Å². The van der Waals surface area contributed by atoms with Crippen molar-refractivity contribution in [3.63, 3.8) is 0 Å². The number of aromatic nitrogens is 5. The monoisotopic (exact) mass is 413 g/mol. The molecule has 0 atom stereocenters. The van der Waals surface area contributed by atoms with Crippen molar-refractivity contribution in [2.24, 2.45) is 5.41 Å². The van der Waals surface area contributed by atoms with E-state index in [0.29, 0.717) is 43.2 Å². The van der Waals surface area contributed by atoms with Crippen LogP contribution >= 0.6 is 11.6 Å². The number of alkyl halides is 1. The Morgan fingerprint density at radius 2 is 1.79 bits per heavy atom. The minimum Gasteiger partial charge on any atom is -0.351 e. The van der Waals surface area contributed by atoms with Crippen LogP contribution in [0.5, 0.6) is 0 Å². The zero-order valence-electron chi connectivity index (χ0n) is 16.8. The number of hydrogen-bond acceptors (Lipinski definition) is 6. The van der Waals surface area contributed by atoms with Crippen molar-refractivity contribution < 1.29 is 4.79 Å². The van der Waals surface area contributed by atoms with Gasteiger partial charge >= 0.3 is 0 Å². The van der Waals surface area contributed by atoms with Gasteiger partial charge in [0, 0.05) is 32.1 Å². The lowest BCUT2D eigenvalue weighted by molar-refractivity contribution is -0.139. The molecule has 3 heterocycles. The summed E-state index contributed by atoms with van der Waals surface area (Å²) in [7, 11) is 0. The second-order valence-electron chi connectivity index (χ2n) is 8.00. The SMILES string of the molecule is Cc1ccc(-n2nnc3c(N4CCN(C(=O)C(C)(C)CCl)CC4)ncnc32)cc1.